The van der Waals surface area contributed by atoms with Crippen molar-refractivity contribution in [3.8, 4) is 5.69 Å². The van der Waals surface area contributed by atoms with Crippen molar-refractivity contribution in [1.29, 1.82) is 0 Å². The van der Waals surface area contributed by atoms with E-state index in [-0.39, 0.29) is 5.69 Å². The van der Waals surface area contributed by atoms with E-state index in [1.807, 2.05) is 25.5 Å². The smallest absolute Gasteiger partial charge is 0.268 e. The SMILES string of the molecule is CCn1nc(C)c(-n2nn[nH]c2=O)c1C. The number of nitrogens with one attached hydrogen (secondary N) is 1. The fourth-order valence-corrected chi connectivity index (χ4v) is 1.65. The van der Waals surface area contributed by atoms with Gasteiger partial charge in [0.2, 0.25) is 0 Å². The maximum Gasteiger partial charge on any atom is 0.365 e. The largest absolute Gasteiger partial charge is 0.365 e. The van der Waals surface area contributed by atoms with Crippen LogP contribution in [0.15, 0.2) is 4.79 Å². The quantitative estimate of drug-likeness (QED) is 0.740. The summed E-state index contributed by atoms with van der Waals surface area (Å²) in [6.45, 7) is 6.50. The van der Waals surface area contributed by atoms with Crippen molar-refractivity contribution in [3.63, 3.8) is 0 Å². The molecule has 0 aliphatic rings. The third-order valence-electron chi connectivity index (χ3n) is 2.33. The van der Waals surface area contributed by atoms with Gasteiger partial charge in [0.15, 0.2) is 0 Å². The molecule has 0 spiro atoms. The molecule has 2 rings (SSSR count). The second kappa shape index (κ2) is 3.34. The minimum atomic E-state index is -0.350. The number of tetrazole rings is 1. The number of aromatic nitrogens is 6. The minimum Gasteiger partial charge on any atom is -0.268 e. The number of aromatic amines is 1. The Hall–Kier alpha value is -1.92. The molecule has 0 bridgehead atoms. The van der Waals surface area contributed by atoms with Crippen LogP contribution in [-0.2, 0) is 6.54 Å². The highest BCUT2D eigenvalue weighted by molar-refractivity contribution is 5.39. The average Bonchev–Trinajstić information content (AvgIpc) is 2.71. The van der Waals surface area contributed by atoms with Crippen molar-refractivity contribution < 1.29 is 0 Å². The standard InChI is InChI=1S/C8H12N6O/c1-4-13-6(3)7(5(2)10-13)14-8(15)9-11-12-14/h4H2,1-3H3,(H,9,12,15). The third kappa shape index (κ3) is 1.36. The van der Waals surface area contributed by atoms with E-state index in [0.717, 1.165) is 17.9 Å². The number of rotatable bonds is 2. The second-order valence-electron chi connectivity index (χ2n) is 3.25. The van der Waals surface area contributed by atoms with Gasteiger partial charge in [-0.25, -0.2) is 9.89 Å². The van der Waals surface area contributed by atoms with Gasteiger partial charge >= 0.3 is 5.69 Å². The Balaban J connectivity index is 2.68. The van der Waals surface area contributed by atoms with Crippen LogP contribution < -0.4 is 5.69 Å². The molecule has 0 unspecified atom stereocenters. The molecule has 0 aliphatic heterocycles. The normalized spacial score (nSPS) is 10.9. The summed E-state index contributed by atoms with van der Waals surface area (Å²) in [5.74, 6) is 0. The summed E-state index contributed by atoms with van der Waals surface area (Å²) in [6.07, 6.45) is 0. The predicted molar refractivity (Wildman–Crippen MR) is 52.9 cm³/mol. The maximum atomic E-state index is 11.4. The zero-order valence-corrected chi connectivity index (χ0v) is 8.85. The summed E-state index contributed by atoms with van der Waals surface area (Å²) in [6, 6.07) is 0. The van der Waals surface area contributed by atoms with Crippen molar-refractivity contribution in [2.24, 2.45) is 0 Å². The predicted octanol–water partition coefficient (Wildman–Crippen LogP) is -0.211. The molecule has 80 valence electrons. The molecule has 0 saturated heterocycles. The van der Waals surface area contributed by atoms with E-state index in [0.29, 0.717) is 5.69 Å². The van der Waals surface area contributed by atoms with Crippen LogP contribution in [0.1, 0.15) is 18.3 Å². The Labute approximate surface area is 85.7 Å². The molecule has 1 N–H and O–H groups in total. The maximum absolute atomic E-state index is 11.4. The lowest BCUT2D eigenvalue weighted by Crippen LogP contribution is -2.17. The molecule has 7 nitrogen and oxygen atoms in total. The molecule has 0 aliphatic carbocycles. The number of H-pyrrole nitrogens is 1. The highest BCUT2D eigenvalue weighted by atomic mass is 16.2. The first-order valence-corrected chi connectivity index (χ1v) is 4.70. The van der Waals surface area contributed by atoms with Crippen molar-refractivity contribution in [2.45, 2.75) is 27.3 Å². The lowest BCUT2D eigenvalue weighted by atomic mass is 10.3. The van der Waals surface area contributed by atoms with Crippen LogP contribution >= 0.6 is 0 Å². The number of hydrogen-bond acceptors (Lipinski definition) is 4. The molecule has 7 heteroatoms. The van der Waals surface area contributed by atoms with Gasteiger partial charge in [0, 0.05) is 6.54 Å². The summed E-state index contributed by atoms with van der Waals surface area (Å²) >= 11 is 0. The van der Waals surface area contributed by atoms with Crippen LogP contribution in [0.5, 0.6) is 0 Å². The average molecular weight is 208 g/mol. The molecular formula is C8H12N6O. The fraction of sp³-hybridized carbons (Fsp3) is 0.500. The second-order valence-corrected chi connectivity index (χ2v) is 3.25. The van der Waals surface area contributed by atoms with E-state index >= 15 is 0 Å². The van der Waals surface area contributed by atoms with Crippen LogP contribution in [0, 0.1) is 13.8 Å². The van der Waals surface area contributed by atoms with Gasteiger partial charge in [-0.05, 0) is 31.2 Å². The zero-order chi connectivity index (χ0) is 11.0. The van der Waals surface area contributed by atoms with Gasteiger partial charge in [0.05, 0.1) is 11.4 Å². The molecule has 2 aromatic heterocycles. The summed E-state index contributed by atoms with van der Waals surface area (Å²) in [5, 5.41) is 13.7. The Morgan fingerprint density at radius 1 is 1.40 bits per heavy atom. The van der Waals surface area contributed by atoms with Gasteiger partial charge in [0.1, 0.15) is 5.69 Å². The zero-order valence-electron chi connectivity index (χ0n) is 8.85. The highest BCUT2D eigenvalue weighted by Gasteiger charge is 2.15. The van der Waals surface area contributed by atoms with Crippen LogP contribution in [0.3, 0.4) is 0 Å². The van der Waals surface area contributed by atoms with Crippen LogP contribution in [0.25, 0.3) is 5.69 Å². The topological polar surface area (TPSA) is 81.4 Å². The molecule has 0 fully saturated rings. The van der Waals surface area contributed by atoms with Gasteiger partial charge in [-0.15, -0.1) is 0 Å². The molecule has 2 heterocycles. The lowest BCUT2D eigenvalue weighted by Gasteiger charge is -1.99. The van der Waals surface area contributed by atoms with Crippen molar-refractivity contribution in [2.75, 3.05) is 0 Å². The van der Waals surface area contributed by atoms with E-state index in [4.69, 9.17) is 0 Å². The molecular weight excluding hydrogens is 196 g/mol. The highest BCUT2D eigenvalue weighted by Crippen LogP contribution is 2.14. The van der Waals surface area contributed by atoms with E-state index in [1.165, 1.54) is 4.68 Å². The van der Waals surface area contributed by atoms with Crippen LogP contribution in [0.2, 0.25) is 0 Å². The monoisotopic (exact) mass is 208 g/mol. The molecule has 0 amide bonds. The van der Waals surface area contributed by atoms with Crippen molar-refractivity contribution in [3.05, 3.63) is 21.9 Å². The van der Waals surface area contributed by atoms with Gasteiger partial charge in [-0.2, -0.15) is 9.78 Å². The van der Waals surface area contributed by atoms with Crippen LogP contribution in [-0.4, -0.2) is 30.0 Å². The molecule has 15 heavy (non-hydrogen) atoms. The Kier molecular flexibility index (Phi) is 2.14. The minimum absolute atomic E-state index is 0.350. The Morgan fingerprint density at radius 3 is 2.60 bits per heavy atom. The van der Waals surface area contributed by atoms with Gasteiger partial charge in [0.25, 0.3) is 0 Å². The fourth-order valence-electron chi connectivity index (χ4n) is 1.65. The van der Waals surface area contributed by atoms with Gasteiger partial charge in [-0.1, -0.05) is 0 Å². The van der Waals surface area contributed by atoms with Gasteiger partial charge in [-0.3, -0.25) is 4.68 Å². The molecule has 0 saturated carbocycles. The van der Waals surface area contributed by atoms with Gasteiger partial charge < -0.3 is 0 Å². The molecule has 0 atom stereocenters. The number of nitrogens with zero attached hydrogens (tertiary/aromatic N) is 5. The third-order valence-corrected chi connectivity index (χ3v) is 2.33. The first-order chi connectivity index (χ1) is 7.15. The molecule has 2 aromatic rings. The summed E-state index contributed by atoms with van der Waals surface area (Å²) < 4.78 is 3.05. The molecule has 0 radical (unpaired) electrons. The lowest BCUT2D eigenvalue weighted by molar-refractivity contribution is 0.633. The summed E-state index contributed by atoms with van der Waals surface area (Å²) in [5.41, 5.74) is 2.03. The van der Waals surface area contributed by atoms with Crippen LogP contribution in [0.4, 0.5) is 0 Å². The number of aryl methyl sites for hydroxylation is 2. The van der Waals surface area contributed by atoms with E-state index in [1.54, 1.807) is 0 Å². The Morgan fingerprint density at radius 2 is 2.13 bits per heavy atom. The van der Waals surface area contributed by atoms with Crippen molar-refractivity contribution in [1.82, 2.24) is 30.0 Å². The van der Waals surface area contributed by atoms with Crippen molar-refractivity contribution >= 4 is 0 Å². The number of hydrogen-bond donors (Lipinski definition) is 1. The summed E-state index contributed by atoms with van der Waals surface area (Å²) in [7, 11) is 0. The molecule has 0 aromatic carbocycles. The van der Waals surface area contributed by atoms with E-state index < -0.39 is 0 Å². The first-order valence-electron chi connectivity index (χ1n) is 4.70. The van der Waals surface area contributed by atoms with E-state index in [2.05, 4.69) is 20.6 Å². The van der Waals surface area contributed by atoms with E-state index in [9.17, 15) is 4.79 Å². The summed E-state index contributed by atoms with van der Waals surface area (Å²) in [4.78, 5) is 11.4. The Bertz CT molecular complexity index is 534. The first kappa shape index (κ1) is 9.63.